The molecule has 0 bridgehead atoms. The zero-order valence-corrected chi connectivity index (χ0v) is 18.7. The molecule has 1 fully saturated rings. The van der Waals surface area contributed by atoms with Gasteiger partial charge in [0.25, 0.3) is 0 Å². The number of aromatic nitrogens is 1. The number of fused-ring (bicyclic) bond motifs is 1. The second-order valence-electron chi connectivity index (χ2n) is 8.48. The second-order valence-corrected chi connectivity index (χ2v) is 11.5. The first kappa shape index (κ1) is 21.6. The quantitative estimate of drug-likeness (QED) is 0.552. The Bertz CT molecular complexity index is 1060. The summed E-state index contributed by atoms with van der Waals surface area (Å²) in [5.74, 6) is 0.160. The molecular formula is C19H27N5O4S2. The molecule has 1 aliphatic heterocycles. The number of aliphatic hydroxyl groups is 2. The molecule has 0 saturated heterocycles. The fourth-order valence-electron chi connectivity index (χ4n) is 4.42. The van der Waals surface area contributed by atoms with Crippen molar-refractivity contribution in [2.45, 2.75) is 74.8 Å². The summed E-state index contributed by atoms with van der Waals surface area (Å²) in [5, 5.41) is 28.9. The monoisotopic (exact) mass is 453 g/mol. The minimum absolute atomic E-state index is 0.00445. The Balaban J connectivity index is 1.62. The van der Waals surface area contributed by atoms with Crippen LogP contribution < -0.4 is 10.5 Å². The van der Waals surface area contributed by atoms with Gasteiger partial charge in [0.15, 0.2) is 9.92 Å². The SMILES string of the molecule is CC(C)(O)c1nc(CO)c(S(N)(=O)=NC(=O)NC2C3=C(CCC3)N=C3CCCC32)s1. The molecule has 0 aromatic carbocycles. The van der Waals surface area contributed by atoms with Crippen molar-refractivity contribution in [3.05, 3.63) is 22.0 Å². The lowest BCUT2D eigenvalue weighted by molar-refractivity contribution is 0.0779. The highest BCUT2D eigenvalue weighted by molar-refractivity contribution is 7.93. The first-order chi connectivity index (χ1) is 14.1. The van der Waals surface area contributed by atoms with E-state index in [-0.39, 0.29) is 26.9 Å². The van der Waals surface area contributed by atoms with Gasteiger partial charge in [0.05, 0.1) is 18.3 Å². The maximum atomic E-state index is 13.1. The summed E-state index contributed by atoms with van der Waals surface area (Å²) >= 11 is 0.893. The predicted molar refractivity (Wildman–Crippen MR) is 114 cm³/mol. The van der Waals surface area contributed by atoms with E-state index < -0.39 is 28.2 Å². The number of allylic oxidation sites excluding steroid dienone is 1. The smallest absolute Gasteiger partial charge is 0.350 e. The van der Waals surface area contributed by atoms with Crippen LogP contribution >= 0.6 is 11.3 Å². The largest absolute Gasteiger partial charge is 0.390 e. The summed E-state index contributed by atoms with van der Waals surface area (Å²) in [7, 11) is -3.64. The van der Waals surface area contributed by atoms with Gasteiger partial charge < -0.3 is 15.5 Å². The maximum absolute atomic E-state index is 13.1. The molecule has 2 amide bonds. The molecule has 3 aliphatic rings. The number of amides is 2. The molecule has 9 nitrogen and oxygen atoms in total. The van der Waals surface area contributed by atoms with Gasteiger partial charge in [0.1, 0.15) is 14.8 Å². The minimum atomic E-state index is -3.64. The number of carbonyl (C=O) groups is 1. The third kappa shape index (κ3) is 3.96. The number of nitrogens with one attached hydrogen (secondary N) is 1. The molecule has 3 unspecified atom stereocenters. The number of hydrogen-bond acceptors (Lipinski definition) is 7. The van der Waals surface area contributed by atoms with Crippen molar-refractivity contribution in [1.29, 1.82) is 0 Å². The van der Waals surface area contributed by atoms with Gasteiger partial charge in [-0.05, 0) is 57.9 Å². The molecule has 3 atom stereocenters. The number of rotatable bonds is 4. The van der Waals surface area contributed by atoms with Gasteiger partial charge in [-0.25, -0.2) is 19.1 Å². The Hall–Kier alpha value is -1.66. The van der Waals surface area contributed by atoms with Crippen LogP contribution in [-0.4, -0.2) is 37.2 Å². The molecule has 1 saturated carbocycles. The molecule has 164 valence electrons. The van der Waals surface area contributed by atoms with Crippen molar-refractivity contribution >= 4 is 33.0 Å². The van der Waals surface area contributed by atoms with E-state index in [2.05, 4.69) is 14.7 Å². The Morgan fingerprint density at radius 1 is 1.37 bits per heavy atom. The number of hydrogen-bond donors (Lipinski definition) is 4. The molecule has 0 radical (unpaired) electrons. The third-order valence-corrected chi connectivity index (χ3v) is 9.14. The van der Waals surface area contributed by atoms with Crippen LogP contribution in [0, 0.1) is 5.92 Å². The summed E-state index contributed by atoms with van der Waals surface area (Å²) < 4.78 is 16.9. The molecule has 30 heavy (non-hydrogen) atoms. The number of aliphatic imine (C=N–C) groups is 1. The highest BCUT2D eigenvalue weighted by atomic mass is 32.2. The zero-order chi connectivity index (χ0) is 21.7. The number of urea groups is 1. The highest BCUT2D eigenvalue weighted by Crippen LogP contribution is 2.41. The minimum Gasteiger partial charge on any atom is -0.390 e. The van der Waals surface area contributed by atoms with E-state index in [9.17, 15) is 19.2 Å². The Kier molecular flexibility index (Phi) is 5.60. The summed E-state index contributed by atoms with van der Waals surface area (Å²) in [5.41, 5.74) is 2.12. The van der Waals surface area contributed by atoms with Gasteiger partial charge >= 0.3 is 6.03 Å². The predicted octanol–water partition coefficient (Wildman–Crippen LogP) is 2.33. The lowest BCUT2D eigenvalue weighted by Gasteiger charge is -2.30. The average molecular weight is 454 g/mol. The van der Waals surface area contributed by atoms with E-state index in [1.807, 2.05) is 0 Å². The highest BCUT2D eigenvalue weighted by Gasteiger charge is 2.39. The number of nitrogens with two attached hydrogens (primary N) is 1. The Morgan fingerprint density at radius 2 is 2.13 bits per heavy atom. The fourth-order valence-corrected chi connectivity index (χ4v) is 6.89. The lowest BCUT2D eigenvalue weighted by Crippen LogP contribution is -2.44. The standard InChI is InChI=1S/C19H27N5O4S2/c1-19(2,27)17-22-14(9-25)16(29-17)30(20,28)24-18(26)23-15-10-5-3-7-12(10)21-13-8-4-6-11(13)15/h10,15,25,27H,3-9H2,1-2H3,(H3,20,23,24,26,28). The molecule has 2 aliphatic carbocycles. The normalized spacial score (nSPS) is 25.4. The molecule has 0 spiro atoms. The van der Waals surface area contributed by atoms with Gasteiger partial charge in [-0.3, -0.25) is 4.99 Å². The van der Waals surface area contributed by atoms with Crippen LogP contribution in [0.3, 0.4) is 0 Å². The van der Waals surface area contributed by atoms with E-state index in [1.54, 1.807) is 0 Å². The number of thiazole rings is 1. The van der Waals surface area contributed by atoms with E-state index in [1.165, 1.54) is 13.8 Å². The molecular weight excluding hydrogens is 426 g/mol. The van der Waals surface area contributed by atoms with Gasteiger partial charge in [0.2, 0.25) is 0 Å². The van der Waals surface area contributed by atoms with E-state index in [4.69, 9.17) is 10.1 Å². The number of aliphatic hydroxyl groups excluding tert-OH is 1. The number of carbonyl (C=O) groups excluding carboxylic acids is 1. The molecule has 1 aromatic rings. The van der Waals surface area contributed by atoms with Crippen LogP contribution in [0.1, 0.15) is 63.1 Å². The van der Waals surface area contributed by atoms with Crippen molar-refractivity contribution in [1.82, 2.24) is 10.3 Å². The summed E-state index contributed by atoms with van der Waals surface area (Å²) in [6.07, 6.45) is 5.77. The van der Waals surface area contributed by atoms with Crippen molar-refractivity contribution in [2.24, 2.45) is 20.4 Å². The van der Waals surface area contributed by atoms with Gasteiger partial charge in [-0.2, -0.15) is 0 Å². The summed E-state index contributed by atoms with van der Waals surface area (Å²) in [4.78, 5) is 21.7. The second kappa shape index (κ2) is 7.79. The van der Waals surface area contributed by atoms with E-state index in [0.29, 0.717) is 0 Å². The molecule has 4 rings (SSSR count). The number of nitrogens with zero attached hydrogens (tertiary/aromatic N) is 3. The fraction of sp³-hybridized carbons (Fsp3) is 0.632. The van der Waals surface area contributed by atoms with Crippen LogP contribution in [0.2, 0.25) is 0 Å². The summed E-state index contributed by atoms with van der Waals surface area (Å²) in [6.45, 7) is 2.53. The lowest BCUT2D eigenvalue weighted by atomic mass is 9.87. The molecule has 11 heteroatoms. The van der Waals surface area contributed by atoms with Gasteiger partial charge in [-0.15, -0.1) is 15.7 Å². The van der Waals surface area contributed by atoms with Crippen molar-refractivity contribution in [2.75, 3.05) is 0 Å². The van der Waals surface area contributed by atoms with Gasteiger partial charge in [0, 0.05) is 17.3 Å². The zero-order valence-electron chi connectivity index (χ0n) is 17.1. The summed E-state index contributed by atoms with van der Waals surface area (Å²) in [6, 6.07) is -0.934. The Labute approximate surface area is 179 Å². The van der Waals surface area contributed by atoms with Crippen molar-refractivity contribution in [3.8, 4) is 0 Å². The first-order valence-corrected chi connectivity index (χ1v) is 12.5. The van der Waals surface area contributed by atoms with Crippen LogP contribution in [0.25, 0.3) is 0 Å². The third-order valence-electron chi connectivity index (χ3n) is 5.76. The first-order valence-electron chi connectivity index (χ1n) is 10.1. The van der Waals surface area contributed by atoms with Crippen LogP contribution in [0.4, 0.5) is 4.79 Å². The van der Waals surface area contributed by atoms with Gasteiger partial charge in [-0.1, -0.05) is 0 Å². The molecule has 2 heterocycles. The van der Waals surface area contributed by atoms with Crippen LogP contribution in [-0.2, 0) is 22.1 Å². The Morgan fingerprint density at radius 3 is 2.83 bits per heavy atom. The average Bonchev–Trinajstić information content (AvgIpc) is 3.38. The van der Waals surface area contributed by atoms with Crippen molar-refractivity contribution in [3.63, 3.8) is 0 Å². The van der Waals surface area contributed by atoms with E-state index in [0.717, 1.165) is 66.8 Å². The van der Waals surface area contributed by atoms with Crippen LogP contribution in [0.15, 0.2) is 24.8 Å². The molecule has 1 aromatic heterocycles. The van der Waals surface area contributed by atoms with E-state index >= 15 is 0 Å². The maximum Gasteiger partial charge on any atom is 0.350 e. The topological polar surface area (TPSA) is 150 Å². The molecule has 5 N–H and O–H groups in total. The van der Waals surface area contributed by atoms with Crippen molar-refractivity contribution < 1.29 is 19.2 Å². The van der Waals surface area contributed by atoms with Crippen LogP contribution in [0.5, 0.6) is 0 Å².